The predicted molar refractivity (Wildman–Crippen MR) is 93.5 cm³/mol. The van der Waals surface area contributed by atoms with Gasteiger partial charge in [-0.3, -0.25) is 9.59 Å². The Labute approximate surface area is 141 Å². The van der Waals surface area contributed by atoms with Gasteiger partial charge in [0.15, 0.2) is 5.78 Å². The summed E-state index contributed by atoms with van der Waals surface area (Å²) in [7, 11) is 3.95. The SMILES string of the molecule is CC(=O)c1ccc(NC(=O)c2ccnc(NCCN(C)C)n2)cc1. The van der Waals surface area contributed by atoms with E-state index >= 15 is 0 Å². The van der Waals surface area contributed by atoms with Gasteiger partial charge in [0.1, 0.15) is 5.69 Å². The van der Waals surface area contributed by atoms with Gasteiger partial charge in [0.2, 0.25) is 5.95 Å². The van der Waals surface area contributed by atoms with Crippen molar-refractivity contribution in [3.8, 4) is 0 Å². The van der Waals surface area contributed by atoms with Crippen LogP contribution in [-0.2, 0) is 0 Å². The number of benzene rings is 1. The van der Waals surface area contributed by atoms with Crippen LogP contribution in [0.2, 0.25) is 0 Å². The Hall–Kier alpha value is -2.80. The Bertz CT molecular complexity index is 713. The van der Waals surface area contributed by atoms with E-state index in [4.69, 9.17) is 0 Å². The molecule has 7 nitrogen and oxygen atoms in total. The molecule has 0 radical (unpaired) electrons. The summed E-state index contributed by atoms with van der Waals surface area (Å²) < 4.78 is 0. The summed E-state index contributed by atoms with van der Waals surface area (Å²) in [6.45, 7) is 3.02. The lowest BCUT2D eigenvalue weighted by Crippen LogP contribution is -2.22. The summed E-state index contributed by atoms with van der Waals surface area (Å²) in [6, 6.07) is 8.27. The molecule has 0 saturated heterocycles. The average molecular weight is 327 g/mol. The minimum absolute atomic E-state index is 0.0166. The Balaban J connectivity index is 2.00. The molecule has 0 unspecified atom stereocenters. The lowest BCUT2D eigenvalue weighted by Gasteiger charge is -2.10. The van der Waals surface area contributed by atoms with Crippen LogP contribution < -0.4 is 10.6 Å². The van der Waals surface area contributed by atoms with Crippen LogP contribution in [-0.4, -0.2) is 53.7 Å². The third kappa shape index (κ3) is 5.13. The van der Waals surface area contributed by atoms with Crippen LogP contribution in [0, 0.1) is 0 Å². The molecule has 1 heterocycles. The number of carbonyl (C=O) groups is 2. The first-order valence-electron chi connectivity index (χ1n) is 7.59. The summed E-state index contributed by atoms with van der Waals surface area (Å²) in [4.78, 5) is 33.9. The van der Waals surface area contributed by atoms with Crippen molar-refractivity contribution in [3.63, 3.8) is 0 Å². The Kier molecular flexibility index (Phi) is 5.97. The van der Waals surface area contributed by atoms with E-state index in [0.717, 1.165) is 6.54 Å². The Morgan fingerprint density at radius 1 is 1.12 bits per heavy atom. The van der Waals surface area contributed by atoms with Crippen molar-refractivity contribution < 1.29 is 9.59 Å². The van der Waals surface area contributed by atoms with E-state index in [1.807, 2.05) is 19.0 Å². The number of hydrogen-bond donors (Lipinski definition) is 2. The average Bonchev–Trinajstić information content (AvgIpc) is 2.55. The number of nitrogens with one attached hydrogen (secondary N) is 2. The van der Waals surface area contributed by atoms with Crippen molar-refractivity contribution in [2.24, 2.45) is 0 Å². The standard InChI is InChI=1S/C17H21N5O2/c1-12(23)13-4-6-14(7-5-13)20-16(24)15-8-9-18-17(21-15)19-10-11-22(2)3/h4-9H,10-11H2,1-3H3,(H,20,24)(H,18,19,21). The topological polar surface area (TPSA) is 87.2 Å². The first kappa shape index (κ1) is 17.6. The van der Waals surface area contributed by atoms with E-state index in [1.54, 1.807) is 36.5 Å². The third-order valence-corrected chi connectivity index (χ3v) is 3.28. The molecule has 0 bridgehead atoms. The summed E-state index contributed by atoms with van der Waals surface area (Å²) >= 11 is 0. The minimum Gasteiger partial charge on any atom is -0.353 e. The zero-order valence-electron chi connectivity index (χ0n) is 14.0. The highest BCUT2D eigenvalue weighted by Gasteiger charge is 2.09. The molecule has 1 aromatic heterocycles. The second kappa shape index (κ2) is 8.16. The molecule has 0 saturated carbocycles. The summed E-state index contributed by atoms with van der Waals surface area (Å²) in [5.74, 6) is 0.0668. The number of hydrogen-bond acceptors (Lipinski definition) is 6. The zero-order valence-corrected chi connectivity index (χ0v) is 14.0. The summed E-state index contributed by atoms with van der Waals surface area (Å²) in [5, 5.41) is 5.82. The number of likely N-dealkylation sites (N-methyl/N-ethyl adjacent to an activating group) is 1. The van der Waals surface area contributed by atoms with Gasteiger partial charge in [0, 0.05) is 30.5 Å². The van der Waals surface area contributed by atoms with Crippen molar-refractivity contribution >= 4 is 23.3 Å². The Morgan fingerprint density at radius 3 is 2.46 bits per heavy atom. The number of Topliss-reactive ketones (excluding diaryl/α,β-unsaturated/α-hetero) is 1. The largest absolute Gasteiger partial charge is 0.353 e. The fourth-order valence-electron chi connectivity index (χ4n) is 1.95. The smallest absolute Gasteiger partial charge is 0.274 e. The molecule has 0 aliphatic heterocycles. The van der Waals surface area contributed by atoms with E-state index in [9.17, 15) is 9.59 Å². The quantitative estimate of drug-likeness (QED) is 0.755. The molecule has 0 spiro atoms. The molecular weight excluding hydrogens is 306 g/mol. The van der Waals surface area contributed by atoms with Crippen LogP contribution in [0.5, 0.6) is 0 Å². The molecule has 1 aromatic carbocycles. The summed E-state index contributed by atoms with van der Waals surface area (Å²) in [5.41, 5.74) is 1.47. The normalized spacial score (nSPS) is 10.5. The van der Waals surface area contributed by atoms with Crippen molar-refractivity contribution in [3.05, 3.63) is 47.8 Å². The third-order valence-electron chi connectivity index (χ3n) is 3.28. The van der Waals surface area contributed by atoms with Crippen LogP contribution >= 0.6 is 0 Å². The second-order valence-electron chi connectivity index (χ2n) is 5.58. The van der Waals surface area contributed by atoms with Gasteiger partial charge in [-0.15, -0.1) is 0 Å². The van der Waals surface area contributed by atoms with Gasteiger partial charge in [-0.05, 0) is 51.4 Å². The lowest BCUT2D eigenvalue weighted by molar-refractivity contribution is 0.101. The van der Waals surface area contributed by atoms with Crippen molar-refractivity contribution in [1.29, 1.82) is 0 Å². The van der Waals surface area contributed by atoms with E-state index in [2.05, 4.69) is 20.6 Å². The van der Waals surface area contributed by atoms with Gasteiger partial charge < -0.3 is 15.5 Å². The van der Waals surface area contributed by atoms with Crippen molar-refractivity contribution in [1.82, 2.24) is 14.9 Å². The maximum absolute atomic E-state index is 12.3. The molecule has 0 atom stereocenters. The van der Waals surface area contributed by atoms with Crippen molar-refractivity contribution in [2.45, 2.75) is 6.92 Å². The van der Waals surface area contributed by atoms with Gasteiger partial charge >= 0.3 is 0 Å². The van der Waals surface area contributed by atoms with Crippen LogP contribution in [0.15, 0.2) is 36.5 Å². The molecule has 2 N–H and O–H groups in total. The van der Waals surface area contributed by atoms with Crippen LogP contribution in [0.1, 0.15) is 27.8 Å². The van der Waals surface area contributed by atoms with Crippen molar-refractivity contribution in [2.75, 3.05) is 37.8 Å². The molecule has 0 aliphatic rings. The van der Waals surface area contributed by atoms with Crippen LogP contribution in [0.4, 0.5) is 11.6 Å². The number of ketones is 1. The van der Waals surface area contributed by atoms with Crippen LogP contribution in [0.3, 0.4) is 0 Å². The molecule has 2 rings (SSSR count). The highest BCUT2D eigenvalue weighted by molar-refractivity contribution is 6.03. The molecule has 7 heteroatoms. The molecule has 0 fully saturated rings. The number of anilines is 2. The van der Waals surface area contributed by atoms with Gasteiger partial charge in [0.05, 0.1) is 0 Å². The number of nitrogens with zero attached hydrogens (tertiary/aromatic N) is 3. The maximum atomic E-state index is 12.3. The molecule has 1 amide bonds. The lowest BCUT2D eigenvalue weighted by atomic mass is 10.1. The van der Waals surface area contributed by atoms with E-state index in [0.29, 0.717) is 23.7 Å². The number of rotatable bonds is 7. The van der Waals surface area contributed by atoms with Gasteiger partial charge in [0.25, 0.3) is 5.91 Å². The van der Waals surface area contributed by atoms with Gasteiger partial charge in [-0.2, -0.15) is 0 Å². The number of aromatic nitrogens is 2. The highest BCUT2D eigenvalue weighted by Crippen LogP contribution is 2.11. The molecule has 2 aromatic rings. The van der Waals surface area contributed by atoms with E-state index in [-0.39, 0.29) is 17.4 Å². The molecule has 126 valence electrons. The van der Waals surface area contributed by atoms with Crippen LogP contribution in [0.25, 0.3) is 0 Å². The molecule has 24 heavy (non-hydrogen) atoms. The predicted octanol–water partition coefficient (Wildman–Crippen LogP) is 1.90. The molecule has 0 aliphatic carbocycles. The first-order chi connectivity index (χ1) is 11.5. The van der Waals surface area contributed by atoms with E-state index in [1.165, 1.54) is 6.92 Å². The monoisotopic (exact) mass is 327 g/mol. The second-order valence-corrected chi connectivity index (χ2v) is 5.58. The van der Waals surface area contributed by atoms with Gasteiger partial charge in [-0.1, -0.05) is 0 Å². The number of amides is 1. The zero-order chi connectivity index (χ0) is 17.5. The van der Waals surface area contributed by atoms with E-state index < -0.39 is 0 Å². The first-order valence-corrected chi connectivity index (χ1v) is 7.59. The number of carbonyl (C=O) groups excluding carboxylic acids is 2. The minimum atomic E-state index is -0.330. The highest BCUT2D eigenvalue weighted by atomic mass is 16.2. The Morgan fingerprint density at radius 2 is 1.83 bits per heavy atom. The maximum Gasteiger partial charge on any atom is 0.274 e. The molecular formula is C17H21N5O2. The fourth-order valence-corrected chi connectivity index (χ4v) is 1.95. The fraction of sp³-hybridized carbons (Fsp3) is 0.294. The van der Waals surface area contributed by atoms with Gasteiger partial charge in [-0.25, -0.2) is 9.97 Å². The summed E-state index contributed by atoms with van der Waals surface area (Å²) in [6.07, 6.45) is 1.54.